The second-order valence-corrected chi connectivity index (χ2v) is 4.67. The van der Waals surface area contributed by atoms with Gasteiger partial charge in [-0.15, -0.1) is 0 Å². The Labute approximate surface area is 98.4 Å². The minimum Gasteiger partial charge on any atom is -0.478 e. The molecule has 2 N–H and O–H groups in total. The van der Waals surface area contributed by atoms with Gasteiger partial charge in [-0.1, -0.05) is 0 Å². The van der Waals surface area contributed by atoms with Crippen molar-refractivity contribution >= 4 is 17.3 Å². The van der Waals surface area contributed by atoms with Gasteiger partial charge in [0.05, 0.1) is 10.5 Å². The molecule has 6 heteroatoms. The van der Waals surface area contributed by atoms with E-state index >= 15 is 0 Å². The number of carbonyl (C=O) groups is 1. The van der Waals surface area contributed by atoms with E-state index in [4.69, 9.17) is 5.11 Å². The van der Waals surface area contributed by atoms with E-state index in [-0.39, 0.29) is 22.5 Å². The molecule has 0 aliphatic carbocycles. The van der Waals surface area contributed by atoms with Crippen LogP contribution in [0.15, 0.2) is 18.2 Å². The minimum absolute atomic E-state index is 0.0161. The van der Waals surface area contributed by atoms with Gasteiger partial charge in [-0.25, -0.2) is 4.79 Å². The van der Waals surface area contributed by atoms with Gasteiger partial charge in [-0.2, -0.15) is 0 Å². The number of anilines is 1. The van der Waals surface area contributed by atoms with Gasteiger partial charge in [0.25, 0.3) is 5.69 Å². The molecular weight excluding hydrogens is 224 g/mol. The summed E-state index contributed by atoms with van der Waals surface area (Å²) in [6, 6.07) is 3.68. The van der Waals surface area contributed by atoms with Gasteiger partial charge in [0.15, 0.2) is 0 Å². The van der Waals surface area contributed by atoms with Crippen molar-refractivity contribution in [3.8, 4) is 0 Å². The van der Waals surface area contributed by atoms with E-state index in [0.717, 1.165) is 0 Å². The lowest BCUT2D eigenvalue weighted by Crippen LogP contribution is -2.26. The van der Waals surface area contributed by atoms with Crippen LogP contribution >= 0.6 is 0 Å². The monoisotopic (exact) mass is 238 g/mol. The maximum atomic E-state index is 10.8. The molecule has 92 valence electrons. The molecule has 1 aromatic carbocycles. The molecule has 0 aromatic heterocycles. The number of carboxylic acids is 1. The molecule has 0 unspecified atom stereocenters. The van der Waals surface area contributed by atoms with Crippen molar-refractivity contribution in [3.05, 3.63) is 33.9 Å². The molecule has 0 atom stereocenters. The Morgan fingerprint density at radius 3 is 2.41 bits per heavy atom. The number of hydrogen-bond acceptors (Lipinski definition) is 4. The zero-order valence-electron chi connectivity index (χ0n) is 9.85. The largest absolute Gasteiger partial charge is 0.478 e. The quantitative estimate of drug-likeness (QED) is 0.623. The molecule has 0 aliphatic heterocycles. The lowest BCUT2D eigenvalue weighted by molar-refractivity contribution is -0.384. The number of nitro groups is 1. The van der Waals surface area contributed by atoms with E-state index in [0.29, 0.717) is 0 Å². The summed E-state index contributed by atoms with van der Waals surface area (Å²) in [5.41, 5.74) is -0.295. The molecule has 6 nitrogen and oxygen atoms in total. The third kappa shape index (κ3) is 3.44. The first kappa shape index (κ1) is 13.0. The van der Waals surface area contributed by atoms with Gasteiger partial charge in [0, 0.05) is 11.6 Å². The molecule has 0 saturated heterocycles. The van der Waals surface area contributed by atoms with Crippen LogP contribution < -0.4 is 5.32 Å². The Balaban J connectivity index is 3.25. The Morgan fingerprint density at radius 1 is 1.41 bits per heavy atom. The molecule has 0 aliphatic rings. The van der Waals surface area contributed by atoms with Crippen LogP contribution in [0.2, 0.25) is 0 Å². The SMILES string of the molecule is CC(C)(C)Nc1cc(C(=O)O)ccc1[N+](=O)[O-]. The van der Waals surface area contributed by atoms with Crippen LogP contribution in [-0.2, 0) is 0 Å². The van der Waals surface area contributed by atoms with Gasteiger partial charge in [-0.05, 0) is 32.9 Å². The highest BCUT2D eigenvalue weighted by Gasteiger charge is 2.20. The van der Waals surface area contributed by atoms with Crippen molar-refractivity contribution in [1.29, 1.82) is 0 Å². The highest BCUT2D eigenvalue weighted by Crippen LogP contribution is 2.28. The normalized spacial score (nSPS) is 11.0. The summed E-state index contributed by atoms with van der Waals surface area (Å²) in [5.74, 6) is -1.11. The highest BCUT2D eigenvalue weighted by molar-refractivity contribution is 5.90. The Hall–Kier alpha value is -2.11. The molecule has 0 amide bonds. The van der Waals surface area contributed by atoms with Crippen LogP contribution in [-0.4, -0.2) is 21.5 Å². The van der Waals surface area contributed by atoms with Crippen molar-refractivity contribution in [2.24, 2.45) is 0 Å². The molecular formula is C11H14N2O4. The zero-order chi connectivity index (χ0) is 13.2. The summed E-state index contributed by atoms with van der Waals surface area (Å²) >= 11 is 0. The lowest BCUT2D eigenvalue weighted by Gasteiger charge is -2.22. The predicted molar refractivity (Wildman–Crippen MR) is 63.4 cm³/mol. The van der Waals surface area contributed by atoms with E-state index in [1.54, 1.807) is 0 Å². The standard InChI is InChI=1S/C11H14N2O4/c1-11(2,3)12-8-6-7(10(14)15)4-5-9(8)13(16)17/h4-6,12H,1-3H3,(H,14,15). The number of carboxylic acid groups (broad SMARTS) is 1. The van der Waals surface area contributed by atoms with Crippen molar-refractivity contribution < 1.29 is 14.8 Å². The predicted octanol–water partition coefficient (Wildman–Crippen LogP) is 2.50. The maximum Gasteiger partial charge on any atom is 0.335 e. The fourth-order valence-electron chi connectivity index (χ4n) is 1.33. The molecule has 0 saturated carbocycles. The van der Waals surface area contributed by atoms with E-state index in [1.807, 2.05) is 20.8 Å². The summed E-state index contributed by atoms with van der Waals surface area (Å²) in [7, 11) is 0. The van der Waals surface area contributed by atoms with Crippen LogP contribution in [0, 0.1) is 10.1 Å². The van der Waals surface area contributed by atoms with Crippen LogP contribution in [0.5, 0.6) is 0 Å². The van der Waals surface area contributed by atoms with Gasteiger partial charge in [-0.3, -0.25) is 10.1 Å². The summed E-state index contributed by atoms with van der Waals surface area (Å²) in [4.78, 5) is 21.1. The number of benzene rings is 1. The average molecular weight is 238 g/mol. The Kier molecular flexibility index (Phi) is 3.36. The van der Waals surface area contributed by atoms with E-state index in [1.165, 1.54) is 18.2 Å². The van der Waals surface area contributed by atoms with Gasteiger partial charge < -0.3 is 10.4 Å². The second kappa shape index (κ2) is 4.40. The second-order valence-electron chi connectivity index (χ2n) is 4.67. The molecule has 1 rings (SSSR count). The minimum atomic E-state index is -1.11. The van der Waals surface area contributed by atoms with Crippen molar-refractivity contribution in [2.75, 3.05) is 5.32 Å². The number of rotatable bonds is 3. The first-order chi connectivity index (χ1) is 7.70. The van der Waals surface area contributed by atoms with Crippen molar-refractivity contribution in [2.45, 2.75) is 26.3 Å². The summed E-state index contributed by atoms with van der Waals surface area (Å²) in [5, 5.41) is 22.6. The molecule has 0 fully saturated rings. The van der Waals surface area contributed by atoms with Gasteiger partial charge in [0.1, 0.15) is 5.69 Å². The maximum absolute atomic E-state index is 10.8. The molecule has 1 aromatic rings. The Morgan fingerprint density at radius 2 is 2.00 bits per heavy atom. The third-order valence-electron chi connectivity index (χ3n) is 1.95. The fourth-order valence-corrected chi connectivity index (χ4v) is 1.33. The van der Waals surface area contributed by atoms with Crippen LogP contribution in [0.25, 0.3) is 0 Å². The molecule has 0 spiro atoms. The molecule has 0 heterocycles. The van der Waals surface area contributed by atoms with Crippen molar-refractivity contribution in [3.63, 3.8) is 0 Å². The number of aromatic carboxylic acids is 1. The third-order valence-corrected chi connectivity index (χ3v) is 1.95. The number of nitro benzene ring substituents is 1. The summed E-state index contributed by atoms with van der Waals surface area (Å²) in [6.07, 6.45) is 0. The lowest BCUT2D eigenvalue weighted by atomic mass is 10.1. The van der Waals surface area contributed by atoms with Crippen LogP contribution in [0.4, 0.5) is 11.4 Å². The number of hydrogen-bond donors (Lipinski definition) is 2. The summed E-state index contributed by atoms with van der Waals surface area (Å²) < 4.78 is 0. The Bertz CT molecular complexity index is 463. The average Bonchev–Trinajstić information content (AvgIpc) is 2.14. The zero-order valence-corrected chi connectivity index (χ0v) is 9.85. The fraction of sp³-hybridized carbons (Fsp3) is 0.364. The van der Waals surface area contributed by atoms with Gasteiger partial charge in [0.2, 0.25) is 0 Å². The molecule has 0 bridgehead atoms. The topological polar surface area (TPSA) is 92.5 Å². The van der Waals surface area contributed by atoms with Gasteiger partial charge >= 0.3 is 5.97 Å². The number of nitrogens with zero attached hydrogens (tertiary/aromatic N) is 1. The van der Waals surface area contributed by atoms with Crippen LogP contribution in [0.1, 0.15) is 31.1 Å². The first-order valence-corrected chi connectivity index (χ1v) is 5.00. The highest BCUT2D eigenvalue weighted by atomic mass is 16.6. The van der Waals surface area contributed by atoms with E-state index in [2.05, 4.69) is 5.32 Å². The molecule has 0 radical (unpaired) electrons. The first-order valence-electron chi connectivity index (χ1n) is 5.00. The number of nitrogens with one attached hydrogen (secondary N) is 1. The van der Waals surface area contributed by atoms with E-state index in [9.17, 15) is 14.9 Å². The molecule has 17 heavy (non-hydrogen) atoms. The van der Waals surface area contributed by atoms with Crippen LogP contribution in [0.3, 0.4) is 0 Å². The van der Waals surface area contributed by atoms with E-state index < -0.39 is 10.9 Å². The van der Waals surface area contributed by atoms with Crippen molar-refractivity contribution in [1.82, 2.24) is 0 Å². The smallest absolute Gasteiger partial charge is 0.335 e. The summed E-state index contributed by atoms with van der Waals surface area (Å²) in [6.45, 7) is 5.51.